The van der Waals surface area contributed by atoms with Gasteiger partial charge in [0, 0.05) is 56.5 Å². The van der Waals surface area contributed by atoms with E-state index in [2.05, 4.69) is 51.1 Å². The number of pyridine rings is 1. The lowest BCUT2D eigenvalue weighted by Crippen LogP contribution is -2.50. The highest BCUT2D eigenvalue weighted by Crippen LogP contribution is 2.29. The maximum atomic E-state index is 4.57. The highest BCUT2D eigenvalue weighted by molar-refractivity contribution is 8.00. The maximum absolute atomic E-state index is 4.57. The molecule has 0 aromatic carbocycles. The Morgan fingerprint density at radius 2 is 2.08 bits per heavy atom. The summed E-state index contributed by atoms with van der Waals surface area (Å²) >= 11 is 2.05. The predicted octanol–water partition coefficient (Wildman–Crippen LogP) is 2.97. The molecule has 2 fully saturated rings. The number of guanidine groups is 1. The third-order valence-corrected chi connectivity index (χ3v) is 6.17. The molecular weight excluding hydrogens is 330 g/mol. The van der Waals surface area contributed by atoms with E-state index in [1.165, 1.54) is 24.8 Å². The van der Waals surface area contributed by atoms with Crippen LogP contribution in [0.15, 0.2) is 23.3 Å². The average Bonchev–Trinajstić information content (AvgIpc) is 2.62. The molecule has 3 heterocycles. The second-order valence-corrected chi connectivity index (χ2v) is 9.30. The fourth-order valence-electron chi connectivity index (χ4n) is 3.58. The number of aliphatic imine (C=N–C) groups is 1. The standard InChI is InChI=1S/C19H31N5S/c1-19(2)15-24(11-12-25-19)18(20-3)22-14-16-7-8-21-17(13-16)23-9-5-4-6-10-23/h7-8,13H,4-6,9-12,14-15H2,1-3H3,(H,20,22). The number of piperidine rings is 1. The Morgan fingerprint density at radius 1 is 1.28 bits per heavy atom. The van der Waals surface area contributed by atoms with Gasteiger partial charge in [-0.1, -0.05) is 0 Å². The predicted molar refractivity (Wildman–Crippen MR) is 109 cm³/mol. The van der Waals surface area contributed by atoms with Gasteiger partial charge in [-0.05, 0) is 50.8 Å². The lowest BCUT2D eigenvalue weighted by atomic mass is 10.1. The zero-order chi connectivity index (χ0) is 17.7. The van der Waals surface area contributed by atoms with E-state index in [0.29, 0.717) is 0 Å². The number of hydrogen-bond donors (Lipinski definition) is 1. The molecule has 1 N–H and O–H groups in total. The molecule has 0 spiro atoms. The summed E-state index contributed by atoms with van der Waals surface area (Å²) in [5.41, 5.74) is 1.27. The van der Waals surface area contributed by atoms with Gasteiger partial charge in [0.1, 0.15) is 5.82 Å². The second kappa shape index (κ2) is 8.30. The fraction of sp³-hybridized carbons (Fsp3) is 0.684. The monoisotopic (exact) mass is 361 g/mol. The van der Waals surface area contributed by atoms with E-state index in [4.69, 9.17) is 0 Å². The van der Waals surface area contributed by atoms with Crippen molar-refractivity contribution in [2.45, 2.75) is 44.4 Å². The normalized spacial score (nSPS) is 21.3. The van der Waals surface area contributed by atoms with Crippen LogP contribution >= 0.6 is 11.8 Å². The van der Waals surface area contributed by atoms with E-state index in [1.807, 2.05) is 25.0 Å². The minimum Gasteiger partial charge on any atom is -0.357 e. The number of nitrogens with one attached hydrogen (secondary N) is 1. The summed E-state index contributed by atoms with van der Waals surface area (Å²) in [6.45, 7) is 9.77. The first kappa shape index (κ1) is 18.4. The van der Waals surface area contributed by atoms with Crippen molar-refractivity contribution < 1.29 is 0 Å². The third-order valence-electron chi connectivity index (χ3n) is 4.88. The number of hydrogen-bond acceptors (Lipinski definition) is 4. The summed E-state index contributed by atoms with van der Waals surface area (Å²) in [6.07, 6.45) is 5.84. The van der Waals surface area contributed by atoms with Crippen LogP contribution in [-0.2, 0) is 6.54 Å². The molecule has 0 aliphatic carbocycles. The van der Waals surface area contributed by atoms with Crippen LogP contribution in [0.1, 0.15) is 38.7 Å². The van der Waals surface area contributed by atoms with Gasteiger partial charge < -0.3 is 15.1 Å². The van der Waals surface area contributed by atoms with Crippen molar-refractivity contribution in [1.29, 1.82) is 0 Å². The number of thioether (sulfide) groups is 1. The van der Waals surface area contributed by atoms with Crippen LogP contribution in [0.2, 0.25) is 0 Å². The van der Waals surface area contributed by atoms with Crippen molar-refractivity contribution in [2.75, 3.05) is 43.9 Å². The molecule has 1 aromatic rings. The molecular formula is C19H31N5S. The van der Waals surface area contributed by atoms with Gasteiger partial charge in [0.2, 0.25) is 0 Å². The van der Waals surface area contributed by atoms with Crippen molar-refractivity contribution in [3.05, 3.63) is 23.9 Å². The quantitative estimate of drug-likeness (QED) is 0.662. The van der Waals surface area contributed by atoms with Gasteiger partial charge in [-0.15, -0.1) is 0 Å². The van der Waals surface area contributed by atoms with E-state index in [0.717, 1.165) is 50.3 Å². The molecule has 0 saturated carbocycles. The molecule has 1 aromatic heterocycles. The zero-order valence-corrected chi connectivity index (χ0v) is 16.6. The molecule has 6 heteroatoms. The van der Waals surface area contributed by atoms with E-state index in [9.17, 15) is 0 Å². The molecule has 0 atom stereocenters. The van der Waals surface area contributed by atoms with Crippen LogP contribution in [0, 0.1) is 0 Å². The summed E-state index contributed by atoms with van der Waals surface area (Å²) in [4.78, 5) is 13.9. The topological polar surface area (TPSA) is 43.8 Å². The first-order valence-corrected chi connectivity index (χ1v) is 10.4. The first-order chi connectivity index (χ1) is 12.1. The van der Waals surface area contributed by atoms with Gasteiger partial charge in [0.05, 0.1) is 0 Å². The fourth-order valence-corrected chi connectivity index (χ4v) is 4.69. The molecule has 2 aliphatic rings. The van der Waals surface area contributed by atoms with Gasteiger partial charge in [-0.3, -0.25) is 4.99 Å². The summed E-state index contributed by atoms with van der Waals surface area (Å²) < 4.78 is 0.286. The molecule has 2 saturated heterocycles. The maximum Gasteiger partial charge on any atom is 0.193 e. The van der Waals surface area contributed by atoms with Gasteiger partial charge in [0.25, 0.3) is 0 Å². The van der Waals surface area contributed by atoms with Crippen LogP contribution in [0.3, 0.4) is 0 Å². The summed E-state index contributed by atoms with van der Waals surface area (Å²) in [6, 6.07) is 4.32. The Labute approximate surface area is 156 Å². The van der Waals surface area contributed by atoms with Crippen LogP contribution in [-0.4, -0.2) is 59.6 Å². The minimum absolute atomic E-state index is 0.286. The van der Waals surface area contributed by atoms with Crippen LogP contribution in [0.25, 0.3) is 0 Å². The largest absolute Gasteiger partial charge is 0.357 e. The van der Waals surface area contributed by atoms with Crippen molar-refractivity contribution >= 4 is 23.5 Å². The lowest BCUT2D eigenvalue weighted by molar-refractivity contribution is 0.375. The number of anilines is 1. The zero-order valence-electron chi connectivity index (χ0n) is 15.8. The van der Waals surface area contributed by atoms with Crippen LogP contribution in [0.5, 0.6) is 0 Å². The number of nitrogens with zero attached hydrogens (tertiary/aromatic N) is 4. The molecule has 2 aliphatic heterocycles. The van der Waals surface area contributed by atoms with E-state index >= 15 is 0 Å². The summed E-state index contributed by atoms with van der Waals surface area (Å²) in [7, 11) is 1.88. The first-order valence-electron chi connectivity index (χ1n) is 9.37. The van der Waals surface area contributed by atoms with Crippen LogP contribution < -0.4 is 10.2 Å². The Bertz CT molecular complexity index is 595. The Morgan fingerprint density at radius 3 is 2.80 bits per heavy atom. The molecule has 0 unspecified atom stereocenters. The SMILES string of the molecule is CN=C(NCc1ccnc(N2CCCCC2)c1)N1CCSC(C)(C)C1. The van der Waals surface area contributed by atoms with Crippen molar-refractivity contribution in [3.63, 3.8) is 0 Å². The molecule has 138 valence electrons. The molecule has 0 bridgehead atoms. The molecule has 0 radical (unpaired) electrons. The van der Waals surface area contributed by atoms with Crippen molar-refractivity contribution in [3.8, 4) is 0 Å². The highest BCUT2D eigenvalue weighted by atomic mass is 32.2. The van der Waals surface area contributed by atoms with Gasteiger partial charge in [0.15, 0.2) is 5.96 Å². The number of aromatic nitrogens is 1. The van der Waals surface area contributed by atoms with E-state index in [-0.39, 0.29) is 4.75 Å². The van der Waals surface area contributed by atoms with Gasteiger partial charge in [-0.25, -0.2) is 4.98 Å². The molecule has 3 rings (SSSR count). The minimum atomic E-state index is 0.286. The third kappa shape index (κ3) is 5.03. The van der Waals surface area contributed by atoms with E-state index in [1.54, 1.807) is 0 Å². The smallest absolute Gasteiger partial charge is 0.193 e. The summed E-state index contributed by atoms with van der Waals surface area (Å²) in [5, 5.41) is 3.54. The van der Waals surface area contributed by atoms with Crippen LogP contribution in [0.4, 0.5) is 5.82 Å². The molecule has 0 amide bonds. The highest BCUT2D eigenvalue weighted by Gasteiger charge is 2.28. The second-order valence-electron chi connectivity index (χ2n) is 7.50. The van der Waals surface area contributed by atoms with Gasteiger partial charge >= 0.3 is 0 Å². The Kier molecular flexibility index (Phi) is 6.10. The van der Waals surface area contributed by atoms with Crippen molar-refractivity contribution in [1.82, 2.24) is 15.2 Å². The van der Waals surface area contributed by atoms with E-state index < -0.39 is 0 Å². The Hall–Kier alpha value is -1.43. The summed E-state index contributed by atoms with van der Waals surface area (Å²) in [5.74, 6) is 3.27. The average molecular weight is 362 g/mol. The lowest BCUT2D eigenvalue weighted by Gasteiger charge is -2.39. The molecule has 25 heavy (non-hydrogen) atoms. The number of rotatable bonds is 3. The molecule has 5 nitrogen and oxygen atoms in total. The van der Waals surface area contributed by atoms with Crippen molar-refractivity contribution in [2.24, 2.45) is 4.99 Å². The Balaban J connectivity index is 1.60. The van der Waals surface area contributed by atoms with Gasteiger partial charge in [-0.2, -0.15) is 11.8 Å².